The van der Waals surface area contributed by atoms with E-state index in [-0.39, 0.29) is 17.5 Å². The van der Waals surface area contributed by atoms with Crippen molar-refractivity contribution in [2.45, 2.75) is 24.8 Å². The van der Waals surface area contributed by atoms with Gasteiger partial charge in [0.25, 0.3) is 5.91 Å². The van der Waals surface area contributed by atoms with E-state index in [4.69, 9.17) is 4.74 Å². The van der Waals surface area contributed by atoms with Gasteiger partial charge >= 0.3 is 0 Å². The van der Waals surface area contributed by atoms with Crippen LogP contribution in [-0.2, 0) is 10.2 Å². The molecule has 3 heterocycles. The van der Waals surface area contributed by atoms with Crippen molar-refractivity contribution >= 4 is 17.5 Å². The zero-order valence-corrected chi connectivity index (χ0v) is 17.3. The van der Waals surface area contributed by atoms with E-state index < -0.39 is 11.5 Å². The summed E-state index contributed by atoms with van der Waals surface area (Å²) in [6.07, 6.45) is 3.59. The van der Waals surface area contributed by atoms with E-state index >= 15 is 0 Å². The number of fused-ring (bicyclic) bond motifs is 2. The summed E-state index contributed by atoms with van der Waals surface area (Å²) >= 11 is 0. The summed E-state index contributed by atoms with van der Waals surface area (Å²) in [7, 11) is 1.60. The van der Waals surface area contributed by atoms with Crippen LogP contribution >= 0.6 is 0 Å². The average Bonchev–Trinajstić information content (AvgIpc) is 3.33. The summed E-state index contributed by atoms with van der Waals surface area (Å²) in [5.41, 5.74) is 2.68. The minimum atomic E-state index is -0.878. The number of amides is 2. The first-order valence-electron chi connectivity index (χ1n) is 10.2. The van der Waals surface area contributed by atoms with Gasteiger partial charge in [0.2, 0.25) is 5.91 Å². The Kier molecular flexibility index (Phi) is 4.46. The second-order valence-electron chi connectivity index (χ2n) is 7.94. The normalized spacial score (nSPS) is 21.8. The highest BCUT2D eigenvalue weighted by Gasteiger charge is 2.59. The molecule has 0 unspecified atom stereocenters. The van der Waals surface area contributed by atoms with Gasteiger partial charge in [-0.25, -0.2) is 4.98 Å². The van der Waals surface area contributed by atoms with Crippen molar-refractivity contribution in [2.75, 3.05) is 19.0 Å². The number of anilines is 1. The molecule has 3 aromatic rings. The van der Waals surface area contributed by atoms with Crippen molar-refractivity contribution in [3.63, 3.8) is 0 Å². The van der Waals surface area contributed by atoms with Crippen LogP contribution in [0.3, 0.4) is 0 Å². The maximum Gasteiger partial charge on any atom is 0.274 e. The van der Waals surface area contributed by atoms with Crippen LogP contribution in [0, 0.1) is 6.92 Å². The molecule has 31 heavy (non-hydrogen) atoms. The number of nitrogens with one attached hydrogen (secondary N) is 1. The minimum absolute atomic E-state index is 0.0909. The largest absolute Gasteiger partial charge is 0.497 e. The van der Waals surface area contributed by atoms with E-state index in [1.165, 1.54) is 6.20 Å². The van der Waals surface area contributed by atoms with Crippen molar-refractivity contribution in [2.24, 2.45) is 0 Å². The number of benzene rings is 2. The third-order valence-corrected chi connectivity index (χ3v) is 6.26. The molecule has 1 fully saturated rings. The first-order valence-corrected chi connectivity index (χ1v) is 10.2. The third kappa shape index (κ3) is 2.88. The number of rotatable bonds is 3. The van der Waals surface area contributed by atoms with Crippen LogP contribution < -0.4 is 10.1 Å². The third-order valence-electron chi connectivity index (χ3n) is 6.26. The smallest absolute Gasteiger partial charge is 0.274 e. The predicted octanol–water partition coefficient (Wildman–Crippen LogP) is 3.27. The summed E-state index contributed by atoms with van der Waals surface area (Å²) in [5.74, 6) is 0.343. The monoisotopic (exact) mass is 414 g/mol. The van der Waals surface area contributed by atoms with Crippen LogP contribution in [-0.4, -0.2) is 40.3 Å². The van der Waals surface area contributed by atoms with Crippen LogP contribution in [0.2, 0.25) is 0 Å². The van der Waals surface area contributed by atoms with Crippen LogP contribution in [0.25, 0.3) is 0 Å². The van der Waals surface area contributed by atoms with Crippen molar-refractivity contribution in [1.82, 2.24) is 14.9 Å². The predicted molar refractivity (Wildman–Crippen MR) is 115 cm³/mol. The van der Waals surface area contributed by atoms with E-state index in [1.807, 2.05) is 55.5 Å². The summed E-state index contributed by atoms with van der Waals surface area (Å²) in [5, 5.41) is 3.03. The Labute approximate surface area is 180 Å². The number of para-hydroxylation sites is 1. The van der Waals surface area contributed by atoms with Gasteiger partial charge in [-0.2, -0.15) is 0 Å². The number of nitrogens with zero attached hydrogens (tertiary/aromatic N) is 3. The molecule has 0 aliphatic carbocycles. The number of aryl methyl sites for hydroxylation is 1. The molecule has 1 N–H and O–H groups in total. The molecule has 1 aromatic heterocycles. The summed E-state index contributed by atoms with van der Waals surface area (Å²) in [4.78, 5) is 37.2. The Morgan fingerprint density at radius 2 is 2.00 bits per heavy atom. The SMILES string of the molecule is COc1cccc([C@@H]2N(C(=O)c3cnc(C)cn3)CC[C@]23C(=O)Nc2ccccc23)c1. The van der Waals surface area contributed by atoms with Gasteiger partial charge in [0, 0.05) is 18.4 Å². The lowest BCUT2D eigenvalue weighted by atomic mass is 9.72. The molecule has 0 radical (unpaired) electrons. The maximum atomic E-state index is 13.5. The highest BCUT2D eigenvalue weighted by atomic mass is 16.5. The number of carbonyl (C=O) groups is 2. The Bertz CT molecular complexity index is 1180. The molecule has 5 rings (SSSR count). The molecule has 1 saturated heterocycles. The molecule has 7 heteroatoms. The Balaban J connectivity index is 1.67. The number of methoxy groups -OCH3 is 1. The molecule has 1 spiro atoms. The first-order chi connectivity index (χ1) is 15.0. The lowest BCUT2D eigenvalue weighted by Crippen LogP contribution is -2.42. The fourth-order valence-corrected chi connectivity index (χ4v) is 4.83. The van der Waals surface area contributed by atoms with Gasteiger partial charge in [-0.15, -0.1) is 0 Å². The fraction of sp³-hybridized carbons (Fsp3) is 0.250. The summed E-state index contributed by atoms with van der Waals surface area (Å²) in [6.45, 7) is 2.25. The molecule has 2 amide bonds. The zero-order valence-electron chi connectivity index (χ0n) is 17.3. The molecule has 0 bridgehead atoms. The Morgan fingerprint density at radius 3 is 2.77 bits per heavy atom. The van der Waals surface area contributed by atoms with Gasteiger partial charge in [-0.3, -0.25) is 14.6 Å². The Hall–Kier alpha value is -3.74. The highest BCUT2D eigenvalue weighted by molar-refractivity contribution is 6.08. The molecule has 156 valence electrons. The van der Waals surface area contributed by atoms with E-state index in [0.717, 1.165) is 22.5 Å². The summed E-state index contributed by atoms with van der Waals surface area (Å²) in [6, 6.07) is 14.8. The zero-order chi connectivity index (χ0) is 21.6. The van der Waals surface area contributed by atoms with Gasteiger partial charge in [0.05, 0.1) is 25.0 Å². The van der Waals surface area contributed by atoms with Gasteiger partial charge in [0.1, 0.15) is 16.9 Å². The van der Waals surface area contributed by atoms with Gasteiger partial charge in [-0.1, -0.05) is 30.3 Å². The van der Waals surface area contributed by atoms with Crippen LogP contribution in [0.4, 0.5) is 5.69 Å². The highest BCUT2D eigenvalue weighted by Crippen LogP contribution is 2.55. The lowest BCUT2D eigenvalue weighted by molar-refractivity contribution is -0.121. The van der Waals surface area contributed by atoms with Gasteiger partial charge < -0.3 is 15.0 Å². The molecule has 2 aromatic carbocycles. The van der Waals surface area contributed by atoms with Gasteiger partial charge in [0.15, 0.2) is 0 Å². The standard InChI is InChI=1S/C24H22N4O3/c1-15-13-26-20(14-25-15)22(29)28-11-10-24(18-8-3-4-9-19(18)27-23(24)30)21(28)16-6-5-7-17(12-16)31-2/h3-9,12-14,21H,10-11H2,1-2H3,(H,27,30)/t21-,24+/m0/s1. The average molecular weight is 414 g/mol. The number of ether oxygens (including phenoxy) is 1. The molecule has 2 aliphatic rings. The van der Waals surface area contributed by atoms with Crippen molar-refractivity contribution in [3.8, 4) is 5.75 Å². The molecule has 7 nitrogen and oxygen atoms in total. The van der Waals surface area contributed by atoms with Crippen molar-refractivity contribution < 1.29 is 14.3 Å². The second kappa shape index (κ2) is 7.19. The van der Waals surface area contributed by atoms with Crippen LogP contribution in [0.1, 0.15) is 39.8 Å². The maximum absolute atomic E-state index is 13.5. The fourth-order valence-electron chi connectivity index (χ4n) is 4.83. The Morgan fingerprint density at radius 1 is 1.16 bits per heavy atom. The number of aromatic nitrogens is 2. The van der Waals surface area contributed by atoms with Gasteiger partial charge in [-0.05, 0) is 42.7 Å². The molecular formula is C24H22N4O3. The van der Waals surface area contributed by atoms with Crippen LogP contribution in [0.15, 0.2) is 60.9 Å². The quantitative estimate of drug-likeness (QED) is 0.711. The number of hydrogen-bond donors (Lipinski definition) is 1. The second-order valence-corrected chi connectivity index (χ2v) is 7.94. The molecular weight excluding hydrogens is 392 g/mol. The van der Waals surface area contributed by atoms with E-state index in [9.17, 15) is 9.59 Å². The lowest BCUT2D eigenvalue weighted by Gasteiger charge is -2.34. The number of hydrogen-bond acceptors (Lipinski definition) is 5. The number of carbonyl (C=O) groups excluding carboxylic acids is 2. The topological polar surface area (TPSA) is 84.4 Å². The van der Waals surface area contributed by atoms with Crippen LogP contribution in [0.5, 0.6) is 5.75 Å². The van der Waals surface area contributed by atoms with Crippen molar-refractivity contribution in [3.05, 3.63) is 83.4 Å². The van der Waals surface area contributed by atoms with E-state index in [1.54, 1.807) is 18.2 Å². The molecule has 0 saturated carbocycles. The van der Waals surface area contributed by atoms with E-state index in [0.29, 0.717) is 18.7 Å². The minimum Gasteiger partial charge on any atom is -0.497 e. The number of likely N-dealkylation sites (tertiary alicyclic amines) is 1. The first kappa shape index (κ1) is 19.2. The summed E-state index contributed by atoms with van der Waals surface area (Å²) < 4.78 is 5.43. The molecule has 2 atom stereocenters. The van der Waals surface area contributed by atoms with E-state index in [2.05, 4.69) is 15.3 Å². The molecule has 2 aliphatic heterocycles. The van der Waals surface area contributed by atoms with Crippen molar-refractivity contribution in [1.29, 1.82) is 0 Å².